The van der Waals surface area contributed by atoms with Gasteiger partial charge in [0.15, 0.2) is 0 Å². The average molecular weight is 140 g/mol. The molecular formula is C6H8N2S. The summed E-state index contributed by atoms with van der Waals surface area (Å²) in [5, 5.41) is 1.21. The van der Waals surface area contributed by atoms with Crippen molar-refractivity contribution < 1.29 is 0 Å². The first-order valence-corrected chi connectivity index (χ1v) is 3.86. The molecule has 1 aliphatic rings. The molecule has 0 aromatic carbocycles. The van der Waals surface area contributed by atoms with Gasteiger partial charge >= 0.3 is 0 Å². The van der Waals surface area contributed by atoms with Crippen LogP contribution in [-0.2, 0) is 5.41 Å². The molecule has 2 rings (SSSR count). The highest BCUT2D eigenvalue weighted by molar-refractivity contribution is 7.05. The Bertz CT molecular complexity index is 201. The molecule has 1 aliphatic carbocycles. The molecule has 1 saturated carbocycles. The molecule has 0 radical (unpaired) electrons. The molecule has 2 nitrogen and oxygen atoms in total. The average Bonchev–Trinajstić information content (AvgIpc) is 2.46. The van der Waals surface area contributed by atoms with Crippen LogP contribution in [0.4, 0.5) is 0 Å². The fourth-order valence-corrected chi connectivity index (χ4v) is 1.55. The smallest absolute Gasteiger partial charge is 0.129 e. The summed E-state index contributed by atoms with van der Waals surface area (Å²) in [6.07, 6.45) is 4.23. The van der Waals surface area contributed by atoms with E-state index in [9.17, 15) is 0 Å². The lowest BCUT2D eigenvalue weighted by atomic mass is 10.2. The number of rotatable bonds is 1. The summed E-state index contributed by atoms with van der Waals surface area (Å²) in [7, 11) is 0. The zero-order chi connectivity index (χ0) is 6.32. The fraction of sp³-hybridized carbons (Fsp3) is 0.667. The van der Waals surface area contributed by atoms with Gasteiger partial charge in [0.1, 0.15) is 11.3 Å². The molecule has 9 heavy (non-hydrogen) atoms. The van der Waals surface area contributed by atoms with E-state index in [-0.39, 0.29) is 0 Å². The van der Waals surface area contributed by atoms with Crippen molar-refractivity contribution >= 4 is 11.5 Å². The minimum atomic E-state index is 0.418. The highest BCUT2D eigenvalue weighted by Crippen LogP contribution is 2.47. The van der Waals surface area contributed by atoms with E-state index < -0.39 is 0 Å². The maximum Gasteiger partial charge on any atom is 0.129 e. The van der Waals surface area contributed by atoms with Crippen LogP contribution in [0.2, 0.25) is 0 Å². The van der Waals surface area contributed by atoms with Crippen molar-refractivity contribution in [2.75, 3.05) is 0 Å². The van der Waals surface area contributed by atoms with Crippen molar-refractivity contribution in [2.24, 2.45) is 0 Å². The standard InChI is InChI=1S/C6H8N2S/c1-6(2-3-6)5-7-4-8-9-5/h4H,2-3H2,1H3. The highest BCUT2D eigenvalue weighted by atomic mass is 32.1. The van der Waals surface area contributed by atoms with Gasteiger partial charge in [-0.25, -0.2) is 4.98 Å². The lowest BCUT2D eigenvalue weighted by molar-refractivity contribution is 0.776. The first-order valence-electron chi connectivity index (χ1n) is 3.08. The maximum atomic E-state index is 4.16. The van der Waals surface area contributed by atoms with Gasteiger partial charge in [-0.05, 0) is 24.4 Å². The van der Waals surface area contributed by atoms with E-state index >= 15 is 0 Å². The van der Waals surface area contributed by atoms with Gasteiger partial charge in [-0.15, -0.1) is 0 Å². The normalized spacial score (nSPS) is 21.9. The Morgan fingerprint density at radius 2 is 2.44 bits per heavy atom. The van der Waals surface area contributed by atoms with Crippen LogP contribution in [0.3, 0.4) is 0 Å². The molecule has 0 amide bonds. The molecule has 0 bridgehead atoms. The fourth-order valence-electron chi connectivity index (χ4n) is 0.840. The summed E-state index contributed by atoms with van der Waals surface area (Å²) in [5.74, 6) is 0. The first-order chi connectivity index (χ1) is 4.31. The highest BCUT2D eigenvalue weighted by Gasteiger charge is 2.41. The van der Waals surface area contributed by atoms with Crippen LogP contribution in [-0.4, -0.2) is 9.36 Å². The topological polar surface area (TPSA) is 25.8 Å². The summed E-state index contributed by atoms with van der Waals surface area (Å²) in [6, 6.07) is 0. The van der Waals surface area contributed by atoms with Crippen molar-refractivity contribution in [1.82, 2.24) is 9.36 Å². The van der Waals surface area contributed by atoms with Gasteiger partial charge < -0.3 is 0 Å². The van der Waals surface area contributed by atoms with Crippen LogP contribution >= 0.6 is 11.5 Å². The third-order valence-corrected chi connectivity index (χ3v) is 2.85. The lowest BCUT2D eigenvalue weighted by Crippen LogP contribution is -1.96. The van der Waals surface area contributed by atoms with Gasteiger partial charge in [0, 0.05) is 5.41 Å². The van der Waals surface area contributed by atoms with E-state index in [0.717, 1.165) is 0 Å². The van der Waals surface area contributed by atoms with Crippen LogP contribution in [0.1, 0.15) is 24.8 Å². The quantitative estimate of drug-likeness (QED) is 0.592. The summed E-state index contributed by atoms with van der Waals surface area (Å²) >= 11 is 1.53. The van der Waals surface area contributed by atoms with E-state index in [1.165, 1.54) is 29.4 Å². The maximum absolute atomic E-state index is 4.16. The molecular weight excluding hydrogens is 132 g/mol. The summed E-state index contributed by atoms with van der Waals surface area (Å²) in [6.45, 7) is 2.24. The summed E-state index contributed by atoms with van der Waals surface area (Å²) < 4.78 is 3.96. The molecule has 0 atom stereocenters. The van der Waals surface area contributed by atoms with Gasteiger partial charge in [-0.3, -0.25) is 0 Å². The van der Waals surface area contributed by atoms with Crippen molar-refractivity contribution in [3.8, 4) is 0 Å². The zero-order valence-corrected chi connectivity index (χ0v) is 6.11. The van der Waals surface area contributed by atoms with Gasteiger partial charge in [0.2, 0.25) is 0 Å². The van der Waals surface area contributed by atoms with Crippen LogP contribution in [0, 0.1) is 0 Å². The van der Waals surface area contributed by atoms with Gasteiger partial charge in [0.05, 0.1) is 0 Å². The van der Waals surface area contributed by atoms with Crippen molar-refractivity contribution in [3.05, 3.63) is 11.3 Å². The van der Waals surface area contributed by atoms with Crippen molar-refractivity contribution in [3.63, 3.8) is 0 Å². The molecule has 0 aliphatic heterocycles. The Morgan fingerprint density at radius 3 is 2.89 bits per heavy atom. The van der Waals surface area contributed by atoms with Crippen LogP contribution < -0.4 is 0 Å². The van der Waals surface area contributed by atoms with E-state index in [1.54, 1.807) is 6.33 Å². The number of aromatic nitrogens is 2. The zero-order valence-electron chi connectivity index (χ0n) is 5.29. The Balaban J connectivity index is 2.34. The van der Waals surface area contributed by atoms with Gasteiger partial charge in [-0.2, -0.15) is 4.37 Å². The Labute approximate surface area is 58.1 Å². The number of nitrogens with zero attached hydrogens (tertiary/aromatic N) is 2. The van der Waals surface area contributed by atoms with Crippen LogP contribution in [0.15, 0.2) is 6.33 Å². The van der Waals surface area contributed by atoms with E-state index in [0.29, 0.717) is 5.41 Å². The predicted octanol–water partition coefficient (Wildman–Crippen LogP) is 1.59. The summed E-state index contributed by atoms with van der Waals surface area (Å²) in [5.41, 5.74) is 0.418. The largest absolute Gasteiger partial charge is 0.227 e. The Hall–Kier alpha value is -0.440. The molecule has 0 saturated heterocycles. The molecule has 0 unspecified atom stereocenters. The minimum Gasteiger partial charge on any atom is -0.227 e. The second-order valence-corrected chi connectivity index (χ2v) is 3.59. The second-order valence-electron chi connectivity index (χ2n) is 2.81. The van der Waals surface area contributed by atoms with Crippen molar-refractivity contribution in [1.29, 1.82) is 0 Å². The molecule has 0 N–H and O–H groups in total. The van der Waals surface area contributed by atoms with Crippen molar-refractivity contribution in [2.45, 2.75) is 25.2 Å². The Kier molecular flexibility index (Phi) is 0.913. The minimum absolute atomic E-state index is 0.418. The monoisotopic (exact) mass is 140 g/mol. The Morgan fingerprint density at radius 1 is 1.67 bits per heavy atom. The van der Waals surface area contributed by atoms with Gasteiger partial charge in [0.25, 0.3) is 0 Å². The molecule has 1 aromatic rings. The number of hydrogen-bond donors (Lipinski definition) is 0. The van der Waals surface area contributed by atoms with Crippen LogP contribution in [0.5, 0.6) is 0 Å². The van der Waals surface area contributed by atoms with E-state index in [2.05, 4.69) is 16.3 Å². The predicted molar refractivity (Wildman–Crippen MR) is 36.5 cm³/mol. The van der Waals surface area contributed by atoms with E-state index in [1.807, 2.05) is 0 Å². The molecule has 48 valence electrons. The SMILES string of the molecule is CC1(c2ncns2)CC1. The number of hydrogen-bond acceptors (Lipinski definition) is 3. The van der Waals surface area contributed by atoms with E-state index in [4.69, 9.17) is 0 Å². The first kappa shape index (κ1) is 5.35. The molecule has 1 heterocycles. The third-order valence-electron chi connectivity index (χ3n) is 1.88. The molecule has 1 fully saturated rings. The molecule has 3 heteroatoms. The van der Waals surface area contributed by atoms with Gasteiger partial charge in [-0.1, -0.05) is 6.92 Å². The third kappa shape index (κ3) is 0.758. The summed E-state index contributed by atoms with van der Waals surface area (Å²) in [4.78, 5) is 4.16. The van der Waals surface area contributed by atoms with Crippen LogP contribution in [0.25, 0.3) is 0 Å². The lowest BCUT2D eigenvalue weighted by Gasteiger charge is -1.97. The second kappa shape index (κ2) is 1.53. The molecule has 1 aromatic heterocycles. The molecule has 0 spiro atoms.